The predicted octanol–water partition coefficient (Wildman–Crippen LogP) is 3.39. The number of rotatable bonds is 4. The average molecular weight is 303 g/mol. The second kappa shape index (κ2) is 5.88. The quantitative estimate of drug-likeness (QED) is 0.941. The Kier molecular flexibility index (Phi) is 4.08. The van der Waals surface area contributed by atoms with Gasteiger partial charge in [0.25, 0.3) is 0 Å². The van der Waals surface area contributed by atoms with E-state index in [0.717, 1.165) is 30.3 Å². The molecule has 3 unspecified atom stereocenters. The Morgan fingerprint density at radius 2 is 2.23 bits per heavy atom. The minimum Gasteiger partial charge on any atom is -0.354 e. The number of H-pyrrole nitrogens is 1. The summed E-state index contributed by atoms with van der Waals surface area (Å²) < 4.78 is 7.83. The zero-order valence-corrected chi connectivity index (χ0v) is 13.8. The molecule has 0 aromatic carbocycles. The first kappa shape index (κ1) is 15.3. The van der Waals surface area contributed by atoms with E-state index in [-0.39, 0.29) is 18.0 Å². The van der Waals surface area contributed by atoms with Crippen LogP contribution >= 0.6 is 0 Å². The van der Waals surface area contributed by atoms with Gasteiger partial charge >= 0.3 is 5.69 Å². The molecule has 120 valence electrons. The monoisotopic (exact) mass is 303 g/mol. The molecular formula is C17H25N3O2. The smallest absolute Gasteiger partial charge is 0.351 e. The van der Waals surface area contributed by atoms with Crippen molar-refractivity contribution >= 4 is 11.0 Å². The van der Waals surface area contributed by atoms with Crippen molar-refractivity contribution in [2.75, 3.05) is 0 Å². The Balaban J connectivity index is 1.83. The van der Waals surface area contributed by atoms with Crippen LogP contribution < -0.4 is 5.69 Å². The molecule has 0 radical (unpaired) electrons. The third kappa shape index (κ3) is 2.70. The number of nitrogens with one attached hydrogen (secondary N) is 1. The Morgan fingerprint density at radius 3 is 2.95 bits per heavy atom. The molecule has 22 heavy (non-hydrogen) atoms. The summed E-state index contributed by atoms with van der Waals surface area (Å²) >= 11 is 0. The molecule has 0 saturated carbocycles. The molecule has 3 rings (SSSR count). The minimum atomic E-state index is -0.240. The Labute approximate surface area is 130 Å². The summed E-state index contributed by atoms with van der Waals surface area (Å²) in [5.74, 6) is 1.14. The first-order valence-corrected chi connectivity index (χ1v) is 8.23. The van der Waals surface area contributed by atoms with Gasteiger partial charge in [-0.3, -0.25) is 4.57 Å². The maximum absolute atomic E-state index is 12.2. The fraction of sp³-hybridized carbons (Fsp3) is 0.647. The molecule has 2 aromatic rings. The van der Waals surface area contributed by atoms with Gasteiger partial charge in [-0.1, -0.05) is 27.2 Å². The molecule has 0 bridgehead atoms. The van der Waals surface area contributed by atoms with Gasteiger partial charge in [0.1, 0.15) is 11.9 Å². The van der Waals surface area contributed by atoms with Crippen molar-refractivity contribution in [2.24, 2.45) is 11.8 Å². The molecular weight excluding hydrogens is 278 g/mol. The molecule has 1 aliphatic rings. The summed E-state index contributed by atoms with van der Waals surface area (Å²) in [6.07, 6.45) is 4.96. The van der Waals surface area contributed by atoms with Crippen molar-refractivity contribution in [1.29, 1.82) is 0 Å². The molecule has 0 aliphatic carbocycles. The van der Waals surface area contributed by atoms with Crippen molar-refractivity contribution in [1.82, 2.24) is 14.5 Å². The predicted molar refractivity (Wildman–Crippen MR) is 86.9 cm³/mol. The number of nitrogens with zero attached hydrogens (tertiary/aromatic N) is 2. The van der Waals surface area contributed by atoms with E-state index in [1.165, 1.54) is 0 Å². The van der Waals surface area contributed by atoms with Crippen LogP contribution in [0.1, 0.15) is 52.0 Å². The van der Waals surface area contributed by atoms with E-state index >= 15 is 0 Å². The Bertz CT molecular complexity index is 718. The maximum Gasteiger partial charge on any atom is 0.351 e. The number of ether oxygens (including phenoxy) is 1. The summed E-state index contributed by atoms with van der Waals surface area (Å²) in [6, 6.07) is 2.01. The van der Waals surface area contributed by atoms with E-state index in [9.17, 15) is 4.79 Å². The molecule has 1 N–H and O–H groups in total. The molecule has 2 aromatic heterocycles. The lowest BCUT2D eigenvalue weighted by Crippen LogP contribution is -2.28. The van der Waals surface area contributed by atoms with E-state index in [1.54, 1.807) is 4.57 Å². The van der Waals surface area contributed by atoms with Gasteiger partial charge in [0.2, 0.25) is 0 Å². The second-order valence-corrected chi connectivity index (χ2v) is 6.64. The first-order valence-electron chi connectivity index (χ1n) is 8.23. The van der Waals surface area contributed by atoms with Gasteiger partial charge in [0.15, 0.2) is 0 Å². The maximum atomic E-state index is 12.2. The van der Waals surface area contributed by atoms with Crippen molar-refractivity contribution < 1.29 is 4.74 Å². The minimum absolute atomic E-state index is 0.184. The highest BCUT2D eigenvalue weighted by Gasteiger charge is 2.33. The molecule has 5 nitrogen and oxygen atoms in total. The van der Waals surface area contributed by atoms with Gasteiger partial charge in [-0.25, -0.2) is 4.79 Å². The lowest BCUT2D eigenvalue weighted by Gasteiger charge is -2.25. The molecule has 0 amide bonds. The van der Waals surface area contributed by atoms with Crippen LogP contribution in [0.2, 0.25) is 0 Å². The van der Waals surface area contributed by atoms with E-state index in [0.29, 0.717) is 17.5 Å². The average Bonchev–Trinajstić information content (AvgIpc) is 3.10. The molecule has 3 heterocycles. The fourth-order valence-electron chi connectivity index (χ4n) is 3.33. The highest BCUT2D eigenvalue weighted by atomic mass is 16.5. The number of aromatic amines is 1. The Morgan fingerprint density at radius 1 is 1.45 bits per heavy atom. The van der Waals surface area contributed by atoms with Crippen LogP contribution in [0.4, 0.5) is 0 Å². The zero-order chi connectivity index (χ0) is 15.9. The van der Waals surface area contributed by atoms with Crippen LogP contribution in [0.15, 0.2) is 17.1 Å². The molecule has 4 atom stereocenters. The number of hydrogen-bond donors (Lipinski definition) is 1. The first-order chi connectivity index (χ1) is 10.5. The Hall–Kier alpha value is -1.62. The molecule has 0 spiro atoms. The van der Waals surface area contributed by atoms with Crippen LogP contribution in [0.5, 0.6) is 0 Å². The largest absolute Gasteiger partial charge is 0.354 e. The highest BCUT2D eigenvalue weighted by Crippen LogP contribution is 2.35. The second-order valence-electron chi connectivity index (χ2n) is 6.64. The molecule has 1 aliphatic heterocycles. The van der Waals surface area contributed by atoms with Crippen molar-refractivity contribution in [3.63, 3.8) is 0 Å². The lowest BCUT2D eigenvalue weighted by molar-refractivity contribution is -0.0346. The highest BCUT2D eigenvalue weighted by molar-refractivity contribution is 5.75. The van der Waals surface area contributed by atoms with Crippen molar-refractivity contribution in [3.05, 3.63) is 28.4 Å². The summed E-state index contributed by atoms with van der Waals surface area (Å²) in [5.41, 5.74) is 1.42. The zero-order valence-electron chi connectivity index (χ0n) is 13.8. The fourth-order valence-corrected chi connectivity index (χ4v) is 3.33. The summed E-state index contributed by atoms with van der Waals surface area (Å²) in [7, 11) is 0. The van der Waals surface area contributed by atoms with E-state index in [2.05, 4.69) is 30.7 Å². The van der Waals surface area contributed by atoms with Crippen LogP contribution in [-0.4, -0.2) is 20.6 Å². The third-order valence-corrected chi connectivity index (χ3v) is 5.14. The van der Waals surface area contributed by atoms with Crippen molar-refractivity contribution in [3.8, 4) is 0 Å². The van der Waals surface area contributed by atoms with Gasteiger partial charge < -0.3 is 9.72 Å². The van der Waals surface area contributed by atoms with Crippen LogP contribution in [0, 0.1) is 18.8 Å². The van der Waals surface area contributed by atoms with Gasteiger partial charge in [-0.2, -0.15) is 4.98 Å². The summed E-state index contributed by atoms with van der Waals surface area (Å²) in [4.78, 5) is 19.5. The standard InChI is InChI=1S/C17H25N3O2/c1-5-10(2)12(4)14-6-7-15(22-14)20-9-13-8-11(3)18-16(13)19-17(20)21/h8-10,12,14-15H,5-7H2,1-4H3,(H,18,19,21)/t10?,12?,14?,15-/m1/s1. The number of aromatic nitrogens is 3. The van der Waals surface area contributed by atoms with Gasteiger partial charge in [-0.05, 0) is 37.7 Å². The third-order valence-electron chi connectivity index (χ3n) is 5.14. The van der Waals surface area contributed by atoms with Crippen LogP contribution in [0.3, 0.4) is 0 Å². The van der Waals surface area contributed by atoms with Crippen molar-refractivity contribution in [2.45, 2.75) is 59.3 Å². The van der Waals surface area contributed by atoms with Crippen LogP contribution in [0.25, 0.3) is 11.0 Å². The molecule has 1 saturated heterocycles. The number of hydrogen-bond acceptors (Lipinski definition) is 3. The topological polar surface area (TPSA) is 59.9 Å². The van der Waals surface area contributed by atoms with Crippen LogP contribution in [-0.2, 0) is 4.74 Å². The van der Waals surface area contributed by atoms with E-state index in [4.69, 9.17) is 4.74 Å². The van der Waals surface area contributed by atoms with Gasteiger partial charge in [-0.15, -0.1) is 0 Å². The van der Waals surface area contributed by atoms with E-state index < -0.39 is 0 Å². The SMILES string of the molecule is CCC(C)C(C)C1CC[C@H](n2cc3cc(C)[nH]c3nc2=O)O1. The normalized spacial score (nSPS) is 24.7. The van der Waals surface area contributed by atoms with Gasteiger partial charge in [0.05, 0.1) is 6.10 Å². The van der Waals surface area contributed by atoms with Gasteiger partial charge in [0, 0.05) is 17.3 Å². The summed E-state index contributed by atoms with van der Waals surface area (Å²) in [6.45, 7) is 8.70. The van der Waals surface area contributed by atoms with E-state index in [1.807, 2.05) is 19.2 Å². The number of aryl methyl sites for hydroxylation is 1. The lowest BCUT2D eigenvalue weighted by atomic mass is 9.88. The molecule has 1 fully saturated rings. The summed E-state index contributed by atoms with van der Waals surface area (Å²) in [5, 5.41) is 0.958. The number of fused-ring (bicyclic) bond motifs is 1. The molecule has 5 heteroatoms.